The standard InChI is InChI=1S/C14H21NO/c1-11(2)13-7-3-4-8-14(13)16-10-12-6-5-9-15-12/h3-4,7-8,11-12,15H,5-6,9-10H2,1-2H3/t12-/m1/s1. The molecule has 0 aromatic heterocycles. The Kier molecular flexibility index (Phi) is 3.83. The SMILES string of the molecule is CC(C)c1ccccc1OC[C@H]1CCCN1. The summed E-state index contributed by atoms with van der Waals surface area (Å²) in [5.41, 5.74) is 1.31. The predicted octanol–water partition coefficient (Wildman–Crippen LogP) is 2.94. The van der Waals surface area contributed by atoms with Crippen molar-refractivity contribution < 1.29 is 4.74 Å². The zero-order valence-corrected chi connectivity index (χ0v) is 10.2. The monoisotopic (exact) mass is 219 g/mol. The lowest BCUT2D eigenvalue weighted by Crippen LogP contribution is -2.28. The van der Waals surface area contributed by atoms with Crippen LogP contribution in [0.5, 0.6) is 5.75 Å². The van der Waals surface area contributed by atoms with Crippen LogP contribution in [0.1, 0.15) is 38.2 Å². The summed E-state index contributed by atoms with van der Waals surface area (Å²) in [6.07, 6.45) is 2.52. The van der Waals surface area contributed by atoms with Crippen molar-refractivity contribution in [2.24, 2.45) is 0 Å². The molecule has 1 heterocycles. The Morgan fingerprint density at radius 3 is 2.88 bits per heavy atom. The van der Waals surface area contributed by atoms with Crippen molar-refractivity contribution in [2.75, 3.05) is 13.2 Å². The Balaban J connectivity index is 1.97. The fourth-order valence-electron chi connectivity index (χ4n) is 2.18. The first-order valence-electron chi connectivity index (χ1n) is 6.22. The lowest BCUT2D eigenvalue weighted by Gasteiger charge is -2.16. The quantitative estimate of drug-likeness (QED) is 0.840. The molecule has 0 amide bonds. The van der Waals surface area contributed by atoms with E-state index in [-0.39, 0.29) is 0 Å². The van der Waals surface area contributed by atoms with Gasteiger partial charge in [-0.05, 0) is 36.9 Å². The Morgan fingerprint density at radius 2 is 2.19 bits per heavy atom. The highest BCUT2D eigenvalue weighted by atomic mass is 16.5. The summed E-state index contributed by atoms with van der Waals surface area (Å²) in [6, 6.07) is 8.89. The topological polar surface area (TPSA) is 21.3 Å². The lowest BCUT2D eigenvalue weighted by atomic mass is 10.0. The van der Waals surface area contributed by atoms with Crippen LogP contribution in [0.25, 0.3) is 0 Å². The third-order valence-electron chi connectivity index (χ3n) is 3.14. The minimum Gasteiger partial charge on any atom is -0.492 e. The van der Waals surface area contributed by atoms with Crippen molar-refractivity contribution in [3.05, 3.63) is 29.8 Å². The number of benzene rings is 1. The smallest absolute Gasteiger partial charge is 0.122 e. The highest BCUT2D eigenvalue weighted by molar-refractivity contribution is 5.35. The summed E-state index contributed by atoms with van der Waals surface area (Å²) in [6.45, 7) is 6.34. The summed E-state index contributed by atoms with van der Waals surface area (Å²) in [5.74, 6) is 1.57. The van der Waals surface area contributed by atoms with E-state index in [9.17, 15) is 0 Å². The Labute approximate surface area is 98.0 Å². The molecule has 1 aromatic carbocycles. The first-order valence-corrected chi connectivity index (χ1v) is 6.22. The van der Waals surface area contributed by atoms with Gasteiger partial charge in [0, 0.05) is 6.04 Å². The van der Waals surface area contributed by atoms with Crippen molar-refractivity contribution >= 4 is 0 Å². The van der Waals surface area contributed by atoms with Crippen LogP contribution in [0.2, 0.25) is 0 Å². The van der Waals surface area contributed by atoms with E-state index in [0.29, 0.717) is 12.0 Å². The second-order valence-corrected chi connectivity index (χ2v) is 4.80. The molecule has 0 saturated carbocycles. The van der Waals surface area contributed by atoms with Crippen LogP contribution in [-0.2, 0) is 0 Å². The average Bonchev–Trinajstić information content (AvgIpc) is 2.79. The summed E-state index contributed by atoms with van der Waals surface area (Å²) in [7, 11) is 0. The van der Waals surface area contributed by atoms with Crippen LogP contribution in [0.4, 0.5) is 0 Å². The first kappa shape index (κ1) is 11.5. The van der Waals surface area contributed by atoms with Crippen LogP contribution >= 0.6 is 0 Å². The lowest BCUT2D eigenvalue weighted by molar-refractivity contribution is 0.274. The van der Waals surface area contributed by atoms with Crippen molar-refractivity contribution in [1.29, 1.82) is 0 Å². The van der Waals surface area contributed by atoms with Gasteiger partial charge in [-0.15, -0.1) is 0 Å². The molecule has 16 heavy (non-hydrogen) atoms. The number of ether oxygens (including phenoxy) is 1. The molecule has 1 aliphatic heterocycles. The van der Waals surface area contributed by atoms with Gasteiger partial charge < -0.3 is 10.1 Å². The van der Waals surface area contributed by atoms with Gasteiger partial charge in [-0.25, -0.2) is 0 Å². The van der Waals surface area contributed by atoms with E-state index in [1.54, 1.807) is 0 Å². The largest absolute Gasteiger partial charge is 0.492 e. The third-order valence-corrected chi connectivity index (χ3v) is 3.14. The van der Waals surface area contributed by atoms with E-state index in [1.807, 2.05) is 6.07 Å². The van der Waals surface area contributed by atoms with Crippen LogP contribution in [0.3, 0.4) is 0 Å². The number of hydrogen-bond acceptors (Lipinski definition) is 2. The minimum atomic E-state index is 0.521. The molecule has 1 atom stereocenters. The van der Waals surface area contributed by atoms with Gasteiger partial charge >= 0.3 is 0 Å². The van der Waals surface area contributed by atoms with E-state index in [2.05, 4.69) is 37.4 Å². The molecule has 2 heteroatoms. The van der Waals surface area contributed by atoms with Crippen molar-refractivity contribution in [3.8, 4) is 5.75 Å². The maximum Gasteiger partial charge on any atom is 0.122 e. The Hall–Kier alpha value is -1.02. The van der Waals surface area contributed by atoms with E-state index < -0.39 is 0 Å². The average molecular weight is 219 g/mol. The van der Waals surface area contributed by atoms with Crippen molar-refractivity contribution in [2.45, 2.75) is 38.6 Å². The zero-order valence-electron chi connectivity index (χ0n) is 10.2. The molecule has 88 valence electrons. The molecule has 1 fully saturated rings. The molecule has 0 spiro atoms. The minimum absolute atomic E-state index is 0.521. The Morgan fingerprint density at radius 1 is 1.38 bits per heavy atom. The number of para-hydroxylation sites is 1. The highest BCUT2D eigenvalue weighted by Gasteiger charge is 2.15. The van der Waals surface area contributed by atoms with E-state index >= 15 is 0 Å². The van der Waals surface area contributed by atoms with Gasteiger partial charge in [0.25, 0.3) is 0 Å². The van der Waals surface area contributed by atoms with Gasteiger partial charge in [0.2, 0.25) is 0 Å². The molecule has 2 rings (SSSR count). The molecular weight excluding hydrogens is 198 g/mol. The molecule has 1 aliphatic rings. The zero-order chi connectivity index (χ0) is 11.4. The van der Waals surface area contributed by atoms with Crippen LogP contribution in [-0.4, -0.2) is 19.2 Å². The summed E-state index contributed by atoms with van der Waals surface area (Å²) < 4.78 is 5.92. The van der Waals surface area contributed by atoms with Crippen LogP contribution in [0, 0.1) is 0 Å². The summed E-state index contributed by atoms with van der Waals surface area (Å²) in [5, 5.41) is 3.45. The second kappa shape index (κ2) is 5.35. The van der Waals surface area contributed by atoms with Crippen molar-refractivity contribution in [1.82, 2.24) is 5.32 Å². The molecular formula is C14H21NO. The van der Waals surface area contributed by atoms with Crippen molar-refractivity contribution in [3.63, 3.8) is 0 Å². The molecule has 0 radical (unpaired) electrons. The summed E-state index contributed by atoms with van der Waals surface area (Å²) in [4.78, 5) is 0. The maximum atomic E-state index is 5.92. The predicted molar refractivity (Wildman–Crippen MR) is 67.1 cm³/mol. The van der Waals surface area contributed by atoms with E-state index in [1.165, 1.54) is 18.4 Å². The molecule has 1 aromatic rings. The number of rotatable bonds is 4. The second-order valence-electron chi connectivity index (χ2n) is 4.80. The molecule has 2 nitrogen and oxygen atoms in total. The molecule has 1 saturated heterocycles. The van der Waals surface area contributed by atoms with E-state index in [0.717, 1.165) is 18.9 Å². The normalized spacial score (nSPS) is 20.3. The number of nitrogens with one attached hydrogen (secondary N) is 1. The fourth-order valence-corrected chi connectivity index (χ4v) is 2.18. The van der Waals surface area contributed by atoms with Gasteiger partial charge in [-0.3, -0.25) is 0 Å². The van der Waals surface area contributed by atoms with Crippen LogP contribution in [0.15, 0.2) is 24.3 Å². The maximum absolute atomic E-state index is 5.92. The van der Waals surface area contributed by atoms with Crippen LogP contribution < -0.4 is 10.1 Å². The van der Waals surface area contributed by atoms with Gasteiger partial charge in [-0.1, -0.05) is 32.0 Å². The third kappa shape index (κ3) is 2.76. The fraction of sp³-hybridized carbons (Fsp3) is 0.571. The molecule has 1 N–H and O–H groups in total. The van der Waals surface area contributed by atoms with Gasteiger partial charge in [-0.2, -0.15) is 0 Å². The summed E-state index contributed by atoms with van der Waals surface area (Å²) >= 11 is 0. The molecule has 0 unspecified atom stereocenters. The van der Waals surface area contributed by atoms with Gasteiger partial charge in [0.1, 0.15) is 12.4 Å². The highest BCUT2D eigenvalue weighted by Crippen LogP contribution is 2.26. The molecule has 0 bridgehead atoms. The van der Waals surface area contributed by atoms with E-state index in [4.69, 9.17) is 4.74 Å². The van der Waals surface area contributed by atoms with Gasteiger partial charge in [0.15, 0.2) is 0 Å². The van der Waals surface area contributed by atoms with Gasteiger partial charge in [0.05, 0.1) is 0 Å². The Bertz CT molecular complexity index is 329. The molecule has 0 aliphatic carbocycles. The number of hydrogen-bond donors (Lipinski definition) is 1. The first-order chi connectivity index (χ1) is 7.77.